The van der Waals surface area contributed by atoms with Crippen LogP contribution in [0.2, 0.25) is 0 Å². The lowest BCUT2D eigenvalue weighted by atomic mass is 10.0. The number of amides is 1. The Bertz CT molecular complexity index is 961. The van der Waals surface area contributed by atoms with E-state index in [-0.39, 0.29) is 5.91 Å². The van der Waals surface area contributed by atoms with Crippen LogP contribution in [0, 0.1) is 20.8 Å². The van der Waals surface area contributed by atoms with Gasteiger partial charge in [0.25, 0.3) is 0 Å². The third-order valence-electron chi connectivity index (χ3n) is 4.12. The van der Waals surface area contributed by atoms with E-state index in [2.05, 4.69) is 41.1 Å². The molecule has 3 rings (SSSR count). The molecular formula is C21H21BrN2OS2. The van der Waals surface area contributed by atoms with E-state index in [1.807, 2.05) is 37.4 Å². The Kier molecular flexibility index (Phi) is 6.40. The number of rotatable bonds is 5. The smallest absolute Gasteiger partial charge is 0.230 e. The first-order valence-electron chi connectivity index (χ1n) is 8.57. The summed E-state index contributed by atoms with van der Waals surface area (Å²) in [4.78, 5) is 20.1. The first-order chi connectivity index (χ1) is 12.9. The summed E-state index contributed by atoms with van der Waals surface area (Å²) in [5.74, 6) is 0.737. The first kappa shape index (κ1) is 20.1. The van der Waals surface area contributed by atoms with Crippen molar-refractivity contribution in [1.82, 2.24) is 4.98 Å². The highest BCUT2D eigenvalue weighted by Crippen LogP contribution is 2.36. The fraction of sp³-hybridized carbons (Fsp3) is 0.238. The third-order valence-corrected chi connectivity index (χ3v) is 7.05. The lowest BCUT2D eigenvalue weighted by Gasteiger charge is -2.23. The molecule has 0 aliphatic heterocycles. The van der Waals surface area contributed by atoms with E-state index < -0.39 is 0 Å². The molecular weight excluding hydrogens is 440 g/mol. The molecule has 6 heteroatoms. The summed E-state index contributed by atoms with van der Waals surface area (Å²) in [7, 11) is 0. The second kappa shape index (κ2) is 8.59. The fourth-order valence-electron chi connectivity index (χ4n) is 3.09. The number of benzene rings is 2. The minimum atomic E-state index is -0.0237. The van der Waals surface area contributed by atoms with Crippen LogP contribution in [0.15, 0.2) is 51.1 Å². The number of anilines is 2. The molecule has 0 radical (unpaired) electrons. The van der Waals surface area contributed by atoms with Gasteiger partial charge in [0.1, 0.15) is 0 Å². The van der Waals surface area contributed by atoms with Crippen molar-refractivity contribution in [3.63, 3.8) is 0 Å². The zero-order valence-electron chi connectivity index (χ0n) is 15.7. The average Bonchev–Trinajstić information content (AvgIpc) is 3.05. The van der Waals surface area contributed by atoms with E-state index >= 15 is 0 Å². The van der Waals surface area contributed by atoms with E-state index in [0.29, 0.717) is 0 Å². The van der Waals surface area contributed by atoms with Crippen molar-refractivity contribution in [2.45, 2.75) is 38.3 Å². The Balaban J connectivity index is 1.87. The number of aryl methyl sites for hydroxylation is 3. The molecule has 0 bridgehead atoms. The minimum absolute atomic E-state index is 0.0237. The van der Waals surface area contributed by atoms with Crippen LogP contribution in [0.4, 0.5) is 10.8 Å². The molecule has 27 heavy (non-hydrogen) atoms. The fourth-order valence-corrected chi connectivity index (χ4v) is 5.53. The van der Waals surface area contributed by atoms with E-state index in [9.17, 15) is 4.79 Å². The molecule has 0 saturated carbocycles. The molecule has 0 atom stereocenters. The van der Waals surface area contributed by atoms with Crippen LogP contribution < -0.4 is 4.90 Å². The molecule has 3 aromatic rings. The van der Waals surface area contributed by atoms with Gasteiger partial charge in [-0.05, 0) is 60.0 Å². The Morgan fingerprint density at radius 2 is 1.85 bits per heavy atom. The highest BCUT2D eigenvalue weighted by molar-refractivity contribution is 9.10. The summed E-state index contributed by atoms with van der Waals surface area (Å²) in [6, 6.07) is 12.4. The SMILES string of the molecule is CC(=O)N(c1nc(CSc2ccccc2Br)cs1)c1c(C)cc(C)cc1C. The van der Waals surface area contributed by atoms with Crippen molar-refractivity contribution >= 4 is 55.8 Å². The van der Waals surface area contributed by atoms with Crippen molar-refractivity contribution in [2.75, 3.05) is 4.90 Å². The second-order valence-corrected chi connectivity index (χ2v) is 9.15. The summed E-state index contributed by atoms with van der Waals surface area (Å²) in [5.41, 5.74) is 5.28. The van der Waals surface area contributed by atoms with Crippen LogP contribution in [0.1, 0.15) is 29.3 Å². The first-order valence-corrected chi connectivity index (χ1v) is 11.2. The lowest BCUT2D eigenvalue weighted by Crippen LogP contribution is -2.24. The number of thioether (sulfide) groups is 1. The zero-order valence-corrected chi connectivity index (χ0v) is 19.0. The Hall–Kier alpha value is -1.63. The number of nitrogens with zero attached hydrogens (tertiary/aromatic N) is 2. The van der Waals surface area contributed by atoms with E-state index in [4.69, 9.17) is 4.98 Å². The zero-order chi connectivity index (χ0) is 19.6. The minimum Gasteiger partial charge on any atom is -0.274 e. The summed E-state index contributed by atoms with van der Waals surface area (Å²) < 4.78 is 1.08. The predicted octanol–water partition coefficient (Wildman–Crippen LogP) is 6.81. The van der Waals surface area contributed by atoms with Gasteiger partial charge < -0.3 is 0 Å². The number of thiazole rings is 1. The number of hydrogen-bond donors (Lipinski definition) is 0. The van der Waals surface area contributed by atoms with Gasteiger partial charge in [-0.2, -0.15) is 0 Å². The molecule has 0 fully saturated rings. The maximum absolute atomic E-state index is 12.4. The van der Waals surface area contributed by atoms with Gasteiger partial charge >= 0.3 is 0 Å². The molecule has 1 amide bonds. The number of hydrogen-bond acceptors (Lipinski definition) is 4. The summed E-state index contributed by atoms with van der Waals surface area (Å²) in [6.45, 7) is 7.75. The van der Waals surface area contributed by atoms with Crippen LogP contribution in [-0.4, -0.2) is 10.9 Å². The normalized spacial score (nSPS) is 10.9. The van der Waals surface area contributed by atoms with Gasteiger partial charge in [0.05, 0.1) is 11.4 Å². The number of carbonyl (C=O) groups is 1. The Labute approximate surface area is 177 Å². The maximum atomic E-state index is 12.4. The highest BCUT2D eigenvalue weighted by Gasteiger charge is 2.21. The van der Waals surface area contributed by atoms with Gasteiger partial charge in [-0.3, -0.25) is 9.69 Å². The van der Waals surface area contributed by atoms with Gasteiger partial charge in [-0.25, -0.2) is 4.98 Å². The van der Waals surface area contributed by atoms with Crippen LogP contribution >= 0.6 is 39.0 Å². The Morgan fingerprint density at radius 1 is 1.19 bits per heavy atom. The summed E-state index contributed by atoms with van der Waals surface area (Å²) in [6.07, 6.45) is 0. The molecule has 0 saturated heterocycles. The average molecular weight is 461 g/mol. The van der Waals surface area contributed by atoms with E-state index in [0.717, 1.165) is 37.9 Å². The summed E-state index contributed by atoms with van der Waals surface area (Å²) >= 11 is 6.82. The van der Waals surface area contributed by atoms with Crippen molar-refractivity contribution in [1.29, 1.82) is 0 Å². The monoisotopic (exact) mass is 460 g/mol. The van der Waals surface area contributed by atoms with Crippen molar-refractivity contribution in [3.8, 4) is 0 Å². The molecule has 0 spiro atoms. The van der Waals surface area contributed by atoms with Crippen LogP contribution in [-0.2, 0) is 10.5 Å². The largest absolute Gasteiger partial charge is 0.274 e. The van der Waals surface area contributed by atoms with Crippen LogP contribution in [0.5, 0.6) is 0 Å². The number of aromatic nitrogens is 1. The standard InChI is InChI=1S/C21H21BrN2OS2/c1-13-9-14(2)20(15(3)10-13)24(16(4)25)21-23-17(12-27-21)11-26-19-8-6-5-7-18(19)22/h5-10,12H,11H2,1-4H3. The molecule has 3 nitrogen and oxygen atoms in total. The second-order valence-electron chi connectivity index (χ2n) is 6.44. The molecule has 2 aromatic carbocycles. The predicted molar refractivity (Wildman–Crippen MR) is 119 cm³/mol. The molecule has 140 valence electrons. The molecule has 1 heterocycles. The molecule has 1 aromatic heterocycles. The van der Waals surface area contributed by atoms with Gasteiger partial charge in [-0.1, -0.05) is 29.8 Å². The van der Waals surface area contributed by atoms with Gasteiger partial charge in [0.15, 0.2) is 5.13 Å². The molecule has 0 aliphatic rings. The van der Waals surface area contributed by atoms with Gasteiger partial charge in [0, 0.05) is 27.4 Å². The maximum Gasteiger partial charge on any atom is 0.230 e. The van der Waals surface area contributed by atoms with E-state index in [1.165, 1.54) is 21.8 Å². The van der Waals surface area contributed by atoms with Crippen molar-refractivity contribution < 1.29 is 4.79 Å². The van der Waals surface area contributed by atoms with Crippen LogP contribution in [0.25, 0.3) is 0 Å². The molecule has 0 unspecified atom stereocenters. The lowest BCUT2D eigenvalue weighted by molar-refractivity contribution is -0.115. The Morgan fingerprint density at radius 3 is 2.48 bits per heavy atom. The highest BCUT2D eigenvalue weighted by atomic mass is 79.9. The molecule has 0 aliphatic carbocycles. The van der Waals surface area contributed by atoms with E-state index in [1.54, 1.807) is 23.6 Å². The van der Waals surface area contributed by atoms with Crippen molar-refractivity contribution in [2.24, 2.45) is 0 Å². The topological polar surface area (TPSA) is 33.2 Å². The third kappa shape index (κ3) is 4.62. The van der Waals surface area contributed by atoms with Gasteiger partial charge in [0.2, 0.25) is 5.91 Å². The quantitative estimate of drug-likeness (QED) is 0.392. The van der Waals surface area contributed by atoms with Crippen LogP contribution in [0.3, 0.4) is 0 Å². The van der Waals surface area contributed by atoms with Gasteiger partial charge in [-0.15, -0.1) is 23.1 Å². The number of halogens is 1. The van der Waals surface area contributed by atoms with Crippen molar-refractivity contribution in [3.05, 3.63) is 68.6 Å². The summed E-state index contributed by atoms with van der Waals surface area (Å²) in [5, 5.41) is 2.76. The molecule has 0 N–H and O–H groups in total. The number of carbonyl (C=O) groups excluding carboxylic acids is 1.